The largest absolute Gasteiger partial charge is 0.381 e. The predicted octanol–water partition coefficient (Wildman–Crippen LogP) is 6.63. The highest BCUT2D eigenvalue weighted by molar-refractivity contribution is 9.39. The maximum Gasteiger partial charge on any atom is 0.135 e. The second-order valence-electron chi connectivity index (χ2n) is 5.42. The predicted molar refractivity (Wildman–Crippen MR) is 103 cm³/mol. The highest BCUT2D eigenvalue weighted by Gasteiger charge is 2.26. The molecule has 0 aromatic rings. The molecule has 0 saturated carbocycles. The molecule has 0 aromatic heterocycles. The van der Waals surface area contributed by atoms with Crippen molar-refractivity contribution in [2.45, 2.75) is 74.0 Å². The number of alkyl halides is 3. The van der Waals surface area contributed by atoms with Gasteiger partial charge in [0.1, 0.15) is 2.14 Å². The van der Waals surface area contributed by atoms with Gasteiger partial charge in [-0.3, -0.25) is 0 Å². The summed E-state index contributed by atoms with van der Waals surface area (Å²) in [5, 5.41) is 0. The quantitative estimate of drug-likeness (QED) is 0.211. The molecule has 21 heavy (non-hydrogen) atoms. The van der Waals surface area contributed by atoms with Gasteiger partial charge in [-0.15, -0.1) is 0 Å². The summed E-state index contributed by atoms with van der Waals surface area (Å²) in [6, 6.07) is 0. The van der Waals surface area contributed by atoms with Crippen molar-refractivity contribution >= 4 is 47.8 Å². The molecule has 0 N–H and O–H groups in total. The van der Waals surface area contributed by atoms with Crippen LogP contribution in [-0.4, -0.2) is 28.1 Å². The van der Waals surface area contributed by atoms with Gasteiger partial charge in [-0.2, -0.15) is 0 Å². The minimum Gasteiger partial charge on any atom is -0.381 e. The number of unbranched alkanes of at least 4 members (excludes halogenated alkanes) is 3. The first-order valence-corrected chi connectivity index (χ1v) is 10.6. The molecular formula is C16H31Br3O2. The Labute approximate surface area is 156 Å². The topological polar surface area (TPSA) is 18.5 Å². The molecule has 0 radical (unpaired) electrons. The van der Waals surface area contributed by atoms with E-state index in [1.54, 1.807) is 0 Å². The number of hydrogen-bond acceptors (Lipinski definition) is 2. The Morgan fingerprint density at radius 2 is 1.62 bits per heavy atom. The minimum atomic E-state index is -0.170. The summed E-state index contributed by atoms with van der Waals surface area (Å²) in [6.45, 7) is 8.73. The summed E-state index contributed by atoms with van der Waals surface area (Å²) >= 11 is 10.8. The molecule has 0 fully saturated rings. The Kier molecular flexibility index (Phi) is 14.7. The van der Waals surface area contributed by atoms with Crippen molar-refractivity contribution in [2.24, 2.45) is 5.92 Å². The second-order valence-corrected chi connectivity index (χ2v) is 12.7. The summed E-state index contributed by atoms with van der Waals surface area (Å²) in [5.74, 6) is 0.457. The van der Waals surface area contributed by atoms with Crippen molar-refractivity contribution < 1.29 is 9.47 Å². The molecule has 5 heteroatoms. The molecule has 0 aliphatic carbocycles. The summed E-state index contributed by atoms with van der Waals surface area (Å²) in [6.07, 6.45) is 8.68. The van der Waals surface area contributed by atoms with Gasteiger partial charge in [0, 0.05) is 19.1 Å². The van der Waals surface area contributed by atoms with Crippen LogP contribution in [0.15, 0.2) is 0 Å². The molecule has 0 aromatic carbocycles. The van der Waals surface area contributed by atoms with Gasteiger partial charge in [-0.1, -0.05) is 80.4 Å². The summed E-state index contributed by atoms with van der Waals surface area (Å²) < 4.78 is 11.5. The standard InChI is InChI=1S/C16H31Br3O2/c1-4-7-8-9-10-15(21-6-3)14(13-20-5-2)11-12-16(17,18)19/h14-15H,4-13H2,1-3H3. The normalized spacial score (nSPS) is 15.1. The van der Waals surface area contributed by atoms with Crippen molar-refractivity contribution in [3.8, 4) is 0 Å². The lowest BCUT2D eigenvalue weighted by Crippen LogP contribution is -2.29. The van der Waals surface area contributed by atoms with E-state index in [1.807, 2.05) is 0 Å². The fraction of sp³-hybridized carbons (Fsp3) is 1.00. The fourth-order valence-corrected chi connectivity index (χ4v) is 3.12. The van der Waals surface area contributed by atoms with Crippen molar-refractivity contribution in [1.82, 2.24) is 0 Å². The summed E-state index contributed by atoms with van der Waals surface area (Å²) in [7, 11) is 0. The highest BCUT2D eigenvalue weighted by atomic mass is 80.0. The zero-order valence-corrected chi connectivity index (χ0v) is 18.4. The van der Waals surface area contributed by atoms with Crippen LogP contribution < -0.4 is 0 Å². The van der Waals surface area contributed by atoms with E-state index in [0.717, 1.165) is 39.1 Å². The van der Waals surface area contributed by atoms with Crippen LogP contribution >= 0.6 is 47.8 Å². The van der Waals surface area contributed by atoms with Gasteiger partial charge in [-0.25, -0.2) is 0 Å². The van der Waals surface area contributed by atoms with E-state index in [1.165, 1.54) is 25.7 Å². The molecule has 0 bridgehead atoms. The van der Waals surface area contributed by atoms with E-state index >= 15 is 0 Å². The maximum absolute atomic E-state index is 6.02. The lowest BCUT2D eigenvalue weighted by Gasteiger charge is -2.28. The van der Waals surface area contributed by atoms with E-state index in [0.29, 0.717) is 12.0 Å². The van der Waals surface area contributed by atoms with E-state index < -0.39 is 0 Å². The van der Waals surface area contributed by atoms with Gasteiger partial charge in [0.05, 0.1) is 12.7 Å². The Morgan fingerprint density at radius 1 is 0.905 bits per heavy atom. The smallest absolute Gasteiger partial charge is 0.135 e. The minimum absolute atomic E-state index is 0.170. The summed E-state index contributed by atoms with van der Waals surface area (Å²) in [4.78, 5) is 0. The van der Waals surface area contributed by atoms with Crippen LogP contribution in [0.2, 0.25) is 0 Å². The number of halogens is 3. The third-order valence-electron chi connectivity index (χ3n) is 3.58. The Morgan fingerprint density at radius 3 is 2.14 bits per heavy atom. The van der Waals surface area contributed by atoms with E-state index in [9.17, 15) is 0 Å². The number of rotatable bonds is 13. The van der Waals surface area contributed by atoms with Crippen LogP contribution in [0.3, 0.4) is 0 Å². The molecule has 0 aliphatic rings. The van der Waals surface area contributed by atoms with Gasteiger partial charge in [0.2, 0.25) is 0 Å². The highest BCUT2D eigenvalue weighted by Crippen LogP contribution is 2.39. The van der Waals surface area contributed by atoms with Gasteiger partial charge >= 0.3 is 0 Å². The molecule has 2 nitrogen and oxygen atoms in total. The fourth-order valence-electron chi connectivity index (χ4n) is 2.44. The van der Waals surface area contributed by atoms with E-state index in [2.05, 4.69) is 68.6 Å². The Balaban J connectivity index is 4.44. The van der Waals surface area contributed by atoms with Gasteiger partial charge < -0.3 is 9.47 Å². The number of ether oxygens (including phenoxy) is 2. The Hall–Kier alpha value is 1.36. The van der Waals surface area contributed by atoms with Crippen molar-refractivity contribution in [2.75, 3.05) is 19.8 Å². The zero-order valence-electron chi connectivity index (χ0n) is 13.7. The SMILES string of the molecule is CCCCCCC(OCC)C(CCC(Br)(Br)Br)COCC. The van der Waals surface area contributed by atoms with Crippen LogP contribution in [0.5, 0.6) is 0 Å². The monoisotopic (exact) mass is 492 g/mol. The molecule has 2 unspecified atom stereocenters. The lowest BCUT2D eigenvalue weighted by molar-refractivity contribution is -0.0245. The van der Waals surface area contributed by atoms with E-state index in [-0.39, 0.29) is 2.14 Å². The van der Waals surface area contributed by atoms with Crippen LogP contribution in [0.25, 0.3) is 0 Å². The third-order valence-corrected chi connectivity index (χ3v) is 4.77. The van der Waals surface area contributed by atoms with Gasteiger partial charge in [-0.05, 0) is 33.1 Å². The molecule has 0 aliphatic heterocycles. The average Bonchev–Trinajstić information content (AvgIpc) is 2.42. The van der Waals surface area contributed by atoms with Crippen molar-refractivity contribution in [3.05, 3.63) is 0 Å². The average molecular weight is 495 g/mol. The second kappa shape index (κ2) is 13.8. The molecule has 128 valence electrons. The van der Waals surface area contributed by atoms with Crippen LogP contribution in [0.1, 0.15) is 65.7 Å². The molecule has 0 saturated heterocycles. The molecule has 0 amide bonds. The van der Waals surface area contributed by atoms with Crippen LogP contribution in [-0.2, 0) is 9.47 Å². The summed E-state index contributed by atoms with van der Waals surface area (Å²) in [5.41, 5.74) is 0. The number of hydrogen-bond donors (Lipinski definition) is 0. The molecule has 0 heterocycles. The molecule has 0 spiro atoms. The molecule has 0 rings (SSSR count). The van der Waals surface area contributed by atoms with Gasteiger partial charge in [0.15, 0.2) is 0 Å². The van der Waals surface area contributed by atoms with E-state index in [4.69, 9.17) is 9.47 Å². The molecular weight excluding hydrogens is 464 g/mol. The first-order valence-electron chi connectivity index (χ1n) is 8.20. The molecule has 2 atom stereocenters. The first-order chi connectivity index (χ1) is 9.94. The first kappa shape index (κ1) is 22.4. The maximum atomic E-state index is 6.02. The van der Waals surface area contributed by atoms with Crippen molar-refractivity contribution in [1.29, 1.82) is 0 Å². The van der Waals surface area contributed by atoms with Crippen molar-refractivity contribution in [3.63, 3.8) is 0 Å². The third kappa shape index (κ3) is 13.5. The lowest BCUT2D eigenvalue weighted by atomic mass is 9.93. The Bertz CT molecular complexity index is 232. The zero-order chi connectivity index (χ0) is 16.1. The van der Waals surface area contributed by atoms with Crippen LogP contribution in [0, 0.1) is 5.92 Å². The van der Waals surface area contributed by atoms with Gasteiger partial charge in [0.25, 0.3) is 0 Å². The van der Waals surface area contributed by atoms with Crippen LogP contribution in [0.4, 0.5) is 0 Å².